The van der Waals surface area contributed by atoms with Crippen LogP contribution in [0.4, 0.5) is 5.69 Å². The molecular weight excluding hydrogens is 252 g/mol. The molecule has 0 atom stereocenters. The van der Waals surface area contributed by atoms with Crippen LogP contribution in [0.5, 0.6) is 0 Å². The summed E-state index contributed by atoms with van der Waals surface area (Å²) in [4.78, 5) is 11.8. The van der Waals surface area contributed by atoms with E-state index < -0.39 is 0 Å². The van der Waals surface area contributed by atoms with Crippen molar-refractivity contribution in [2.75, 3.05) is 18.5 Å². The molecule has 0 heterocycles. The third-order valence-corrected chi connectivity index (χ3v) is 3.88. The topological polar surface area (TPSA) is 64.3 Å². The number of hydrogen-bond donors (Lipinski definition) is 2. The summed E-state index contributed by atoms with van der Waals surface area (Å²) in [6, 6.07) is 7.60. The van der Waals surface area contributed by atoms with Gasteiger partial charge in [0.2, 0.25) is 5.91 Å². The Kier molecular flexibility index (Phi) is 6.02. The monoisotopic (exact) mass is 276 g/mol. The molecule has 1 saturated carbocycles. The Morgan fingerprint density at radius 1 is 1.30 bits per heavy atom. The van der Waals surface area contributed by atoms with Gasteiger partial charge in [-0.15, -0.1) is 0 Å². The van der Waals surface area contributed by atoms with Crippen LogP contribution in [0.1, 0.15) is 37.7 Å². The number of carbonyl (C=O) groups is 1. The second-order valence-electron chi connectivity index (χ2n) is 5.36. The van der Waals surface area contributed by atoms with Gasteiger partial charge in [-0.2, -0.15) is 0 Å². The summed E-state index contributed by atoms with van der Waals surface area (Å²) in [6.45, 7) is 1.69. The highest BCUT2D eigenvalue weighted by atomic mass is 16.5. The molecule has 0 aliphatic heterocycles. The molecule has 1 aromatic rings. The molecule has 1 fully saturated rings. The molecule has 0 radical (unpaired) electrons. The Bertz CT molecular complexity index is 430. The lowest BCUT2D eigenvalue weighted by Gasteiger charge is -2.24. The fraction of sp³-hybridized carbons (Fsp3) is 0.562. The first-order chi connectivity index (χ1) is 9.79. The molecule has 0 saturated heterocycles. The van der Waals surface area contributed by atoms with Crippen LogP contribution in [0.3, 0.4) is 0 Å². The lowest BCUT2D eigenvalue weighted by atomic mass is 9.83. The molecule has 4 nitrogen and oxygen atoms in total. The van der Waals surface area contributed by atoms with Gasteiger partial charge in [0.1, 0.15) is 0 Å². The van der Waals surface area contributed by atoms with E-state index in [0.717, 1.165) is 30.2 Å². The molecule has 1 amide bonds. The minimum Gasteiger partial charge on any atom is -0.381 e. The molecule has 1 aliphatic rings. The van der Waals surface area contributed by atoms with Crippen molar-refractivity contribution in [1.82, 2.24) is 0 Å². The second kappa shape index (κ2) is 8.02. The van der Waals surface area contributed by atoms with Gasteiger partial charge in [-0.05, 0) is 24.0 Å². The molecule has 1 aromatic carbocycles. The minimum atomic E-state index is -0.0189. The van der Waals surface area contributed by atoms with Gasteiger partial charge in [-0.1, -0.05) is 37.5 Å². The van der Waals surface area contributed by atoms with Crippen molar-refractivity contribution in [2.45, 2.75) is 38.6 Å². The van der Waals surface area contributed by atoms with Gasteiger partial charge in [0.15, 0.2) is 0 Å². The molecule has 2 rings (SSSR count). The van der Waals surface area contributed by atoms with E-state index in [-0.39, 0.29) is 5.91 Å². The summed E-state index contributed by atoms with van der Waals surface area (Å²) in [5.41, 5.74) is 7.39. The second-order valence-corrected chi connectivity index (χ2v) is 5.36. The van der Waals surface area contributed by atoms with Gasteiger partial charge in [0.25, 0.3) is 0 Å². The van der Waals surface area contributed by atoms with E-state index in [1.807, 2.05) is 24.3 Å². The molecule has 0 bridgehead atoms. The number of benzene rings is 1. The van der Waals surface area contributed by atoms with Crippen LogP contribution in [-0.4, -0.2) is 19.1 Å². The fourth-order valence-corrected chi connectivity index (χ4v) is 2.33. The van der Waals surface area contributed by atoms with Crippen molar-refractivity contribution < 1.29 is 9.53 Å². The normalized spacial score (nSPS) is 14.8. The van der Waals surface area contributed by atoms with Gasteiger partial charge in [0.05, 0.1) is 13.0 Å². The van der Waals surface area contributed by atoms with Crippen LogP contribution < -0.4 is 11.1 Å². The molecule has 20 heavy (non-hydrogen) atoms. The number of rotatable bonds is 8. The molecule has 0 spiro atoms. The molecule has 0 unspecified atom stereocenters. The first kappa shape index (κ1) is 15.0. The number of para-hydroxylation sites is 1. The van der Waals surface area contributed by atoms with Crippen LogP contribution in [0.25, 0.3) is 0 Å². The molecule has 3 N–H and O–H groups in total. The third kappa shape index (κ3) is 4.62. The fourth-order valence-electron chi connectivity index (χ4n) is 2.33. The highest BCUT2D eigenvalue weighted by Gasteiger charge is 2.16. The van der Waals surface area contributed by atoms with Crippen molar-refractivity contribution in [3.63, 3.8) is 0 Å². The van der Waals surface area contributed by atoms with E-state index in [0.29, 0.717) is 19.6 Å². The molecule has 0 aromatic heterocycles. The van der Waals surface area contributed by atoms with Crippen LogP contribution in [0.2, 0.25) is 0 Å². The molecule has 1 aliphatic carbocycles. The Balaban J connectivity index is 1.62. The van der Waals surface area contributed by atoms with Crippen LogP contribution >= 0.6 is 0 Å². The van der Waals surface area contributed by atoms with Gasteiger partial charge >= 0.3 is 0 Å². The first-order valence-electron chi connectivity index (χ1n) is 7.45. The zero-order valence-electron chi connectivity index (χ0n) is 11.9. The molecular formula is C16H24N2O2. The van der Waals surface area contributed by atoms with Crippen LogP contribution in [-0.2, 0) is 16.1 Å². The van der Waals surface area contributed by atoms with Gasteiger partial charge in [-0.25, -0.2) is 0 Å². The number of nitrogens with one attached hydrogen (secondary N) is 1. The maximum absolute atomic E-state index is 11.8. The number of amides is 1. The number of ether oxygens (including phenoxy) is 1. The smallest absolute Gasteiger partial charge is 0.226 e. The van der Waals surface area contributed by atoms with E-state index >= 15 is 0 Å². The Morgan fingerprint density at radius 2 is 2.10 bits per heavy atom. The average molecular weight is 276 g/mol. The van der Waals surface area contributed by atoms with E-state index in [1.165, 1.54) is 19.3 Å². The van der Waals surface area contributed by atoms with Gasteiger partial charge in [0, 0.05) is 18.8 Å². The number of anilines is 1. The van der Waals surface area contributed by atoms with E-state index in [4.69, 9.17) is 10.5 Å². The Morgan fingerprint density at radius 3 is 2.80 bits per heavy atom. The number of nitrogens with two attached hydrogens (primary N) is 1. The summed E-state index contributed by atoms with van der Waals surface area (Å²) < 4.78 is 5.52. The lowest BCUT2D eigenvalue weighted by Crippen LogP contribution is -2.17. The zero-order valence-corrected chi connectivity index (χ0v) is 11.9. The van der Waals surface area contributed by atoms with Crippen molar-refractivity contribution in [1.29, 1.82) is 0 Å². The Hall–Kier alpha value is -1.39. The minimum absolute atomic E-state index is 0.0189. The highest BCUT2D eigenvalue weighted by Crippen LogP contribution is 2.29. The van der Waals surface area contributed by atoms with Crippen molar-refractivity contribution in [2.24, 2.45) is 11.7 Å². The Labute approximate surface area is 120 Å². The maximum atomic E-state index is 11.8. The summed E-state index contributed by atoms with van der Waals surface area (Å²) in [6.07, 6.45) is 5.59. The van der Waals surface area contributed by atoms with Crippen molar-refractivity contribution in [3.05, 3.63) is 29.8 Å². The summed E-state index contributed by atoms with van der Waals surface area (Å²) >= 11 is 0. The number of hydrogen-bond acceptors (Lipinski definition) is 3. The van der Waals surface area contributed by atoms with E-state index in [9.17, 15) is 4.79 Å². The lowest BCUT2D eigenvalue weighted by molar-refractivity contribution is -0.117. The standard InChI is InChI=1S/C16H24N2O2/c17-12-14-6-1-2-7-15(14)18-16(19)9-11-20-10-8-13-4-3-5-13/h1-2,6-7,13H,3-5,8-12,17H2,(H,18,19). The maximum Gasteiger partial charge on any atom is 0.226 e. The van der Waals surface area contributed by atoms with Crippen LogP contribution in [0, 0.1) is 5.92 Å². The quantitative estimate of drug-likeness (QED) is 0.717. The predicted octanol–water partition coefficient (Wildman–Crippen LogP) is 2.68. The van der Waals surface area contributed by atoms with Crippen molar-refractivity contribution in [3.8, 4) is 0 Å². The predicted molar refractivity (Wildman–Crippen MR) is 80.4 cm³/mol. The highest BCUT2D eigenvalue weighted by molar-refractivity contribution is 5.91. The third-order valence-electron chi connectivity index (χ3n) is 3.88. The summed E-state index contributed by atoms with van der Waals surface area (Å²) in [5, 5.41) is 2.88. The number of carbonyl (C=O) groups excluding carboxylic acids is 1. The van der Waals surface area contributed by atoms with E-state index in [1.54, 1.807) is 0 Å². The largest absolute Gasteiger partial charge is 0.381 e. The molecule has 110 valence electrons. The van der Waals surface area contributed by atoms with Crippen LogP contribution in [0.15, 0.2) is 24.3 Å². The first-order valence-corrected chi connectivity index (χ1v) is 7.45. The summed E-state index contributed by atoms with van der Waals surface area (Å²) in [5.74, 6) is 0.842. The zero-order chi connectivity index (χ0) is 14.2. The SMILES string of the molecule is NCc1ccccc1NC(=O)CCOCCC1CCC1. The van der Waals surface area contributed by atoms with Gasteiger partial charge < -0.3 is 15.8 Å². The summed E-state index contributed by atoms with van der Waals surface area (Å²) in [7, 11) is 0. The van der Waals surface area contributed by atoms with Crippen molar-refractivity contribution >= 4 is 11.6 Å². The molecule has 4 heteroatoms. The van der Waals surface area contributed by atoms with Gasteiger partial charge in [-0.3, -0.25) is 4.79 Å². The average Bonchev–Trinajstić information content (AvgIpc) is 2.41. The van der Waals surface area contributed by atoms with E-state index in [2.05, 4.69) is 5.32 Å².